The van der Waals surface area contributed by atoms with E-state index in [1.165, 1.54) is 0 Å². The van der Waals surface area contributed by atoms with E-state index in [0.29, 0.717) is 5.82 Å². The van der Waals surface area contributed by atoms with Crippen LogP contribution >= 0.6 is 0 Å². The van der Waals surface area contributed by atoms with Crippen molar-refractivity contribution in [1.29, 1.82) is 0 Å². The molecule has 0 fully saturated rings. The van der Waals surface area contributed by atoms with Crippen LogP contribution < -0.4 is 0 Å². The smallest absolute Gasteiger partial charge is 0.159 e. The fourth-order valence-corrected chi connectivity index (χ4v) is 3.18. The lowest BCUT2D eigenvalue weighted by molar-refractivity contribution is 0.670. The average molecular weight is 322 g/mol. The normalized spacial score (nSPS) is 11.2. The van der Waals surface area contributed by atoms with Crippen molar-refractivity contribution in [2.75, 3.05) is 0 Å². The molecule has 5 aromatic rings. The molecular formula is C22H14N2O. The molecule has 3 nitrogen and oxygen atoms in total. The third kappa shape index (κ3) is 2.29. The molecule has 3 aromatic carbocycles. The number of aromatic nitrogens is 2. The van der Waals surface area contributed by atoms with Gasteiger partial charge in [-0.15, -0.1) is 0 Å². The molecule has 3 heteroatoms. The molecule has 0 N–H and O–H groups in total. The van der Waals surface area contributed by atoms with Gasteiger partial charge in [-0.3, -0.25) is 0 Å². The van der Waals surface area contributed by atoms with Crippen molar-refractivity contribution in [3.63, 3.8) is 0 Å². The summed E-state index contributed by atoms with van der Waals surface area (Å²) in [5.74, 6) is 0.714. The van der Waals surface area contributed by atoms with Crippen molar-refractivity contribution in [2.45, 2.75) is 0 Å². The largest absolute Gasteiger partial charge is 0.455 e. The van der Waals surface area contributed by atoms with E-state index in [1.54, 1.807) is 6.20 Å². The Balaban J connectivity index is 1.74. The van der Waals surface area contributed by atoms with E-state index >= 15 is 0 Å². The highest BCUT2D eigenvalue weighted by Gasteiger charge is 2.13. The van der Waals surface area contributed by atoms with Crippen LogP contribution in [0, 0.1) is 0 Å². The van der Waals surface area contributed by atoms with Gasteiger partial charge < -0.3 is 4.42 Å². The molecule has 0 aliphatic rings. The van der Waals surface area contributed by atoms with E-state index in [9.17, 15) is 0 Å². The Bertz CT molecular complexity index is 1190. The zero-order valence-electron chi connectivity index (χ0n) is 13.4. The number of furan rings is 1. The summed E-state index contributed by atoms with van der Waals surface area (Å²) < 4.78 is 6.12. The Morgan fingerprint density at radius 3 is 2.40 bits per heavy atom. The maximum Gasteiger partial charge on any atom is 0.159 e. The number of fused-ring (bicyclic) bond motifs is 3. The van der Waals surface area contributed by atoms with E-state index in [0.717, 1.165) is 38.8 Å². The van der Waals surface area contributed by atoms with Gasteiger partial charge in [0.1, 0.15) is 11.2 Å². The molecule has 0 aliphatic heterocycles. The molecule has 0 bridgehead atoms. The van der Waals surface area contributed by atoms with Gasteiger partial charge in [0.15, 0.2) is 5.82 Å². The van der Waals surface area contributed by atoms with Crippen molar-refractivity contribution in [3.8, 4) is 22.6 Å². The maximum atomic E-state index is 6.12. The van der Waals surface area contributed by atoms with E-state index in [1.807, 2.05) is 66.7 Å². The molecule has 0 aliphatic carbocycles. The number of hydrogen-bond acceptors (Lipinski definition) is 3. The Morgan fingerprint density at radius 1 is 0.680 bits per heavy atom. The zero-order chi connectivity index (χ0) is 16.6. The summed E-state index contributed by atoms with van der Waals surface area (Å²) in [6.07, 6.45) is 1.80. The molecular weight excluding hydrogens is 308 g/mol. The minimum Gasteiger partial charge on any atom is -0.455 e. The highest BCUT2D eigenvalue weighted by atomic mass is 16.3. The number of rotatable bonds is 2. The van der Waals surface area contributed by atoms with Gasteiger partial charge in [0.2, 0.25) is 0 Å². The summed E-state index contributed by atoms with van der Waals surface area (Å²) in [4.78, 5) is 9.18. The van der Waals surface area contributed by atoms with Gasteiger partial charge in [-0.1, -0.05) is 60.7 Å². The van der Waals surface area contributed by atoms with Crippen molar-refractivity contribution in [3.05, 3.63) is 85.1 Å². The first-order valence-electron chi connectivity index (χ1n) is 8.19. The summed E-state index contributed by atoms with van der Waals surface area (Å²) in [5, 5.41) is 2.23. The van der Waals surface area contributed by atoms with Crippen LogP contribution in [0.2, 0.25) is 0 Å². The summed E-state index contributed by atoms with van der Waals surface area (Å²) in [5.41, 5.74) is 4.59. The van der Waals surface area contributed by atoms with Crippen LogP contribution in [0.4, 0.5) is 0 Å². The quantitative estimate of drug-likeness (QED) is 0.418. The lowest BCUT2D eigenvalue weighted by atomic mass is 10.1. The van der Waals surface area contributed by atoms with Gasteiger partial charge in [-0.25, -0.2) is 9.97 Å². The van der Waals surface area contributed by atoms with Gasteiger partial charge in [0.05, 0.1) is 5.69 Å². The number of nitrogens with zero attached hydrogens (tertiary/aromatic N) is 2. The first-order chi connectivity index (χ1) is 12.4. The first kappa shape index (κ1) is 13.9. The molecule has 2 heterocycles. The van der Waals surface area contributed by atoms with Crippen LogP contribution in [0.5, 0.6) is 0 Å². The molecule has 0 saturated carbocycles. The molecule has 0 spiro atoms. The van der Waals surface area contributed by atoms with Gasteiger partial charge in [0, 0.05) is 28.1 Å². The summed E-state index contributed by atoms with van der Waals surface area (Å²) in [6.45, 7) is 0. The highest BCUT2D eigenvalue weighted by molar-refractivity contribution is 6.09. The predicted octanol–water partition coefficient (Wildman–Crippen LogP) is 5.71. The molecule has 0 atom stereocenters. The molecule has 0 amide bonds. The summed E-state index contributed by atoms with van der Waals surface area (Å²) >= 11 is 0. The molecule has 5 rings (SSSR count). The Kier molecular flexibility index (Phi) is 3.10. The van der Waals surface area contributed by atoms with Gasteiger partial charge in [0.25, 0.3) is 0 Å². The van der Waals surface area contributed by atoms with Crippen molar-refractivity contribution in [1.82, 2.24) is 9.97 Å². The molecule has 25 heavy (non-hydrogen) atoms. The van der Waals surface area contributed by atoms with Crippen LogP contribution in [0.3, 0.4) is 0 Å². The summed E-state index contributed by atoms with van der Waals surface area (Å²) in [6, 6.07) is 26.2. The van der Waals surface area contributed by atoms with Crippen molar-refractivity contribution in [2.24, 2.45) is 0 Å². The van der Waals surface area contributed by atoms with Crippen LogP contribution in [-0.4, -0.2) is 9.97 Å². The topological polar surface area (TPSA) is 38.9 Å². The minimum atomic E-state index is 0.714. The van der Waals surface area contributed by atoms with E-state index in [2.05, 4.69) is 17.1 Å². The Morgan fingerprint density at radius 2 is 1.48 bits per heavy atom. The third-order valence-corrected chi connectivity index (χ3v) is 4.37. The van der Waals surface area contributed by atoms with Crippen LogP contribution in [0.25, 0.3) is 44.6 Å². The molecule has 0 unspecified atom stereocenters. The second kappa shape index (κ2) is 5.56. The lowest BCUT2D eigenvalue weighted by Gasteiger charge is -2.05. The number of para-hydroxylation sites is 2. The lowest BCUT2D eigenvalue weighted by Crippen LogP contribution is -1.91. The van der Waals surface area contributed by atoms with Crippen LogP contribution in [-0.2, 0) is 0 Å². The van der Waals surface area contributed by atoms with Gasteiger partial charge in [-0.05, 0) is 18.2 Å². The Labute approximate surface area is 144 Å². The predicted molar refractivity (Wildman–Crippen MR) is 100 cm³/mol. The standard InChI is InChI=1S/C22H14N2O/c1-2-7-15(8-3-1)22-23-14-13-19(24-22)18-11-6-10-17-16-9-4-5-12-20(16)25-21(17)18/h1-14H. The van der Waals surface area contributed by atoms with E-state index < -0.39 is 0 Å². The highest BCUT2D eigenvalue weighted by Crippen LogP contribution is 2.35. The number of hydrogen-bond donors (Lipinski definition) is 0. The second-order valence-corrected chi connectivity index (χ2v) is 5.91. The van der Waals surface area contributed by atoms with Gasteiger partial charge in [-0.2, -0.15) is 0 Å². The van der Waals surface area contributed by atoms with E-state index in [4.69, 9.17) is 9.40 Å². The minimum absolute atomic E-state index is 0.714. The first-order valence-corrected chi connectivity index (χ1v) is 8.19. The molecule has 118 valence electrons. The summed E-state index contributed by atoms with van der Waals surface area (Å²) in [7, 11) is 0. The van der Waals surface area contributed by atoms with Crippen LogP contribution in [0.15, 0.2) is 89.5 Å². The molecule has 0 saturated heterocycles. The Hall–Kier alpha value is -3.46. The monoisotopic (exact) mass is 322 g/mol. The number of benzene rings is 3. The van der Waals surface area contributed by atoms with Crippen LogP contribution in [0.1, 0.15) is 0 Å². The third-order valence-electron chi connectivity index (χ3n) is 4.37. The van der Waals surface area contributed by atoms with Gasteiger partial charge >= 0.3 is 0 Å². The van der Waals surface area contributed by atoms with Crippen molar-refractivity contribution < 1.29 is 4.42 Å². The fourth-order valence-electron chi connectivity index (χ4n) is 3.18. The van der Waals surface area contributed by atoms with E-state index in [-0.39, 0.29) is 0 Å². The zero-order valence-corrected chi connectivity index (χ0v) is 13.4. The fraction of sp³-hybridized carbons (Fsp3) is 0. The second-order valence-electron chi connectivity index (χ2n) is 5.91. The average Bonchev–Trinajstić information content (AvgIpc) is 3.07. The maximum absolute atomic E-state index is 6.12. The van der Waals surface area contributed by atoms with Crippen molar-refractivity contribution >= 4 is 21.9 Å². The molecule has 0 radical (unpaired) electrons. The molecule has 2 aromatic heterocycles. The SMILES string of the molecule is c1ccc(-c2nccc(-c3cccc4c3oc3ccccc34)n2)cc1.